The second-order valence-corrected chi connectivity index (χ2v) is 3.32. The Balaban J connectivity index is 2.20. The van der Waals surface area contributed by atoms with Gasteiger partial charge in [0.2, 0.25) is 0 Å². The molecule has 2 rings (SSSR count). The van der Waals surface area contributed by atoms with Crippen LogP contribution in [0.15, 0.2) is 24.3 Å². The molecule has 0 aliphatic carbocycles. The maximum atomic E-state index is 12.6. The van der Waals surface area contributed by atoms with Crippen molar-refractivity contribution in [1.82, 2.24) is 15.2 Å². The van der Waals surface area contributed by atoms with E-state index in [2.05, 4.69) is 15.2 Å². The highest BCUT2D eigenvalue weighted by Crippen LogP contribution is 2.17. The molecule has 0 saturated heterocycles. The predicted molar refractivity (Wildman–Crippen MR) is 55.8 cm³/mol. The van der Waals surface area contributed by atoms with E-state index in [4.69, 9.17) is 4.74 Å². The lowest BCUT2D eigenvalue weighted by Gasteiger charge is -2.04. The summed E-state index contributed by atoms with van der Waals surface area (Å²) in [6.07, 6.45) is 0. The summed E-state index contributed by atoms with van der Waals surface area (Å²) in [5.41, 5.74) is 1.51. The van der Waals surface area contributed by atoms with Gasteiger partial charge in [0.1, 0.15) is 11.6 Å². The maximum Gasteiger partial charge on any atom is 0.341 e. The lowest BCUT2D eigenvalue weighted by atomic mass is 10.3. The van der Waals surface area contributed by atoms with E-state index >= 15 is 0 Å². The van der Waals surface area contributed by atoms with Crippen LogP contribution in [0.4, 0.5) is 4.39 Å². The highest BCUT2D eigenvalue weighted by Gasteiger charge is 2.03. The summed E-state index contributed by atoms with van der Waals surface area (Å²) in [5, 5.41) is 7.66. The van der Waals surface area contributed by atoms with Crippen molar-refractivity contribution in [3.8, 4) is 11.8 Å². The van der Waals surface area contributed by atoms with Crippen LogP contribution in [0.2, 0.25) is 0 Å². The van der Waals surface area contributed by atoms with Crippen LogP contribution >= 0.6 is 0 Å². The number of ether oxygens (including phenoxy) is 1. The Morgan fingerprint density at radius 3 is 2.31 bits per heavy atom. The summed E-state index contributed by atoms with van der Waals surface area (Å²) in [6.45, 7) is 3.64. The normalized spacial score (nSPS) is 10.2. The minimum Gasteiger partial charge on any atom is -0.423 e. The van der Waals surface area contributed by atoms with Crippen molar-refractivity contribution in [2.24, 2.45) is 0 Å². The van der Waals surface area contributed by atoms with Gasteiger partial charge in [0.15, 0.2) is 0 Å². The first-order valence-corrected chi connectivity index (χ1v) is 4.76. The second-order valence-electron chi connectivity index (χ2n) is 3.32. The number of nitrogens with zero attached hydrogens (tertiary/aromatic N) is 3. The van der Waals surface area contributed by atoms with Gasteiger partial charge in [-0.1, -0.05) is 5.10 Å². The van der Waals surface area contributed by atoms with Gasteiger partial charge in [0, 0.05) is 0 Å². The van der Waals surface area contributed by atoms with Gasteiger partial charge in [-0.25, -0.2) is 4.39 Å². The van der Waals surface area contributed by atoms with E-state index in [0.717, 1.165) is 11.4 Å². The first kappa shape index (κ1) is 10.5. The number of rotatable bonds is 2. The van der Waals surface area contributed by atoms with Gasteiger partial charge < -0.3 is 4.74 Å². The van der Waals surface area contributed by atoms with E-state index < -0.39 is 0 Å². The molecule has 0 amide bonds. The second kappa shape index (κ2) is 4.22. The number of hydrogen-bond donors (Lipinski definition) is 0. The minimum absolute atomic E-state index is 0.162. The number of halogens is 1. The van der Waals surface area contributed by atoms with Crippen LogP contribution in [0.25, 0.3) is 0 Å². The lowest BCUT2D eigenvalue weighted by molar-refractivity contribution is 0.429. The molecule has 1 aromatic heterocycles. The van der Waals surface area contributed by atoms with Gasteiger partial charge in [-0.3, -0.25) is 0 Å². The molecule has 0 bridgehead atoms. The van der Waals surface area contributed by atoms with E-state index in [9.17, 15) is 4.39 Å². The van der Waals surface area contributed by atoms with Crippen LogP contribution in [0.5, 0.6) is 11.8 Å². The van der Waals surface area contributed by atoms with Crippen molar-refractivity contribution in [3.63, 3.8) is 0 Å². The monoisotopic (exact) mass is 219 g/mol. The zero-order chi connectivity index (χ0) is 11.5. The van der Waals surface area contributed by atoms with Gasteiger partial charge in [0.05, 0.1) is 11.4 Å². The van der Waals surface area contributed by atoms with Crippen molar-refractivity contribution in [2.75, 3.05) is 0 Å². The zero-order valence-corrected chi connectivity index (χ0v) is 8.94. The largest absolute Gasteiger partial charge is 0.423 e. The third-order valence-corrected chi connectivity index (χ3v) is 2.10. The molecular formula is C11H10FN3O. The third-order valence-electron chi connectivity index (χ3n) is 2.10. The van der Waals surface area contributed by atoms with Crippen molar-refractivity contribution >= 4 is 0 Å². The van der Waals surface area contributed by atoms with E-state index in [-0.39, 0.29) is 11.8 Å². The average Bonchev–Trinajstić information content (AvgIpc) is 2.27. The fourth-order valence-electron chi connectivity index (χ4n) is 1.09. The molecule has 0 unspecified atom stereocenters. The maximum absolute atomic E-state index is 12.6. The molecule has 82 valence electrons. The third kappa shape index (κ3) is 2.31. The molecule has 0 aliphatic rings. The van der Waals surface area contributed by atoms with Crippen molar-refractivity contribution < 1.29 is 9.13 Å². The molecule has 0 N–H and O–H groups in total. The molecule has 0 atom stereocenters. The van der Waals surface area contributed by atoms with E-state index in [1.54, 1.807) is 0 Å². The first-order valence-electron chi connectivity index (χ1n) is 4.76. The van der Waals surface area contributed by atoms with Crippen molar-refractivity contribution in [2.45, 2.75) is 13.8 Å². The van der Waals surface area contributed by atoms with Gasteiger partial charge >= 0.3 is 6.01 Å². The smallest absolute Gasteiger partial charge is 0.341 e. The molecule has 1 aromatic carbocycles. The summed E-state index contributed by atoms with van der Waals surface area (Å²) < 4.78 is 18.0. The zero-order valence-electron chi connectivity index (χ0n) is 8.94. The summed E-state index contributed by atoms with van der Waals surface area (Å²) >= 11 is 0. The Bertz CT molecular complexity index is 499. The molecule has 0 radical (unpaired) electrons. The number of aromatic nitrogens is 3. The van der Waals surface area contributed by atoms with Crippen molar-refractivity contribution in [1.29, 1.82) is 0 Å². The standard InChI is InChI=1S/C11H10FN3O/c1-7-8(2)14-15-11(13-7)16-10-5-3-9(12)4-6-10/h3-6H,1-2H3. The highest BCUT2D eigenvalue weighted by atomic mass is 19.1. The van der Waals surface area contributed by atoms with Gasteiger partial charge in [-0.2, -0.15) is 4.98 Å². The van der Waals surface area contributed by atoms with Gasteiger partial charge in [-0.15, -0.1) is 5.10 Å². The molecule has 4 nitrogen and oxygen atoms in total. The minimum atomic E-state index is -0.313. The fourth-order valence-corrected chi connectivity index (χ4v) is 1.09. The van der Waals surface area contributed by atoms with E-state index in [1.807, 2.05) is 13.8 Å². The topological polar surface area (TPSA) is 47.9 Å². The summed E-state index contributed by atoms with van der Waals surface area (Å²) in [7, 11) is 0. The SMILES string of the molecule is Cc1nnc(Oc2ccc(F)cc2)nc1C. The van der Waals surface area contributed by atoms with Crippen LogP contribution in [0.1, 0.15) is 11.4 Å². The predicted octanol–water partition coefficient (Wildman–Crippen LogP) is 2.42. The molecule has 0 aliphatic heterocycles. The van der Waals surface area contributed by atoms with Crippen LogP contribution in [0, 0.1) is 19.7 Å². The molecule has 16 heavy (non-hydrogen) atoms. The molecule has 0 fully saturated rings. The summed E-state index contributed by atoms with van der Waals surface area (Å²) in [5.74, 6) is 0.165. The van der Waals surface area contributed by atoms with Crippen LogP contribution in [-0.4, -0.2) is 15.2 Å². The quantitative estimate of drug-likeness (QED) is 0.778. The number of benzene rings is 1. The summed E-state index contributed by atoms with van der Waals surface area (Å²) in [4.78, 5) is 4.10. The molecule has 0 spiro atoms. The van der Waals surface area contributed by atoms with Crippen LogP contribution < -0.4 is 4.74 Å². The average molecular weight is 219 g/mol. The fraction of sp³-hybridized carbons (Fsp3) is 0.182. The van der Waals surface area contributed by atoms with Crippen LogP contribution in [0.3, 0.4) is 0 Å². The molecule has 2 aromatic rings. The highest BCUT2D eigenvalue weighted by molar-refractivity contribution is 5.25. The lowest BCUT2D eigenvalue weighted by Crippen LogP contribution is -1.99. The Kier molecular flexibility index (Phi) is 2.76. The number of aryl methyl sites for hydroxylation is 2. The first-order chi connectivity index (χ1) is 7.65. The van der Waals surface area contributed by atoms with Crippen LogP contribution in [-0.2, 0) is 0 Å². The Morgan fingerprint density at radius 2 is 1.69 bits per heavy atom. The number of hydrogen-bond acceptors (Lipinski definition) is 4. The molecular weight excluding hydrogens is 209 g/mol. The Morgan fingerprint density at radius 1 is 1.00 bits per heavy atom. The Hall–Kier alpha value is -2.04. The van der Waals surface area contributed by atoms with E-state index in [0.29, 0.717) is 5.75 Å². The van der Waals surface area contributed by atoms with Crippen molar-refractivity contribution in [3.05, 3.63) is 41.5 Å². The van der Waals surface area contributed by atoms with E-state index in [1.165, 1.54) is 24.3 Å². The molecule has 0 saturated carbocycles. The summed E-state index contributed by atoms with van der Waals surface area (Å²) in [6, 6.07) is 5.80. The van der Waals surface area contributed by atoms with Gasteiger partial charge in [0.25, 0.3) is 0 Å². The molecule has 1 heterocycles. The van der Waals surface area contributed by atoms with Gasteiger partial charge in [-0.05, 0) is 38.1 Å². The molecule has 5 heteroatoms. The Labute approximate surface area is 92.1 Å².